The number of aryl methyl sites for hydroxylation is 2. The van der Waals surface area contributed by atoms with Crippen LogP contribution in [0.2, 0.25) is 5.02 Å². The molecule has 1 aliphatic rings. The summed E-state index contributed by atoms with van der Waals surface area (Å²) in [5.41, 5.74) is 3.91. The zero-order valence-electron chi connectivity index (χ0n) is 21.9. The van der Waals surface area contributed by atoms with E-state index in [4.69, 9.17) is 16.6 Å². The highest BCUT2D eigenvalue weighted by molar-refractivity contribution is 7.92. The Bertz CT molecular complexity index is 1610. The van der Waals surface area contributed by atoms with E-state index in [1.54, 1.807) is 17.0 Å². The van der Waals surface area contributed by atoms with Crippen LogP contribution in [0.25, 0.3) is 10.2 Å². The van der Waals surface area contributed by atoms with Crippen molar-refractivity contribution in [3.05, 3.63) is 82.4 Å². The van der Waals surface area contributed by atoms with Crippen LogP contribution in [-0.2, 0) is 16.4 Å². The number of amides is 1. The summed E-state index contributed by atoms with van der Waals surface area (Å²) in [6.07, 6.45) is 1.62. The topological polar surface area (TPSA) is 73.8 Å². The van der Waals surface area contributed by atoms with Gasteiger partial charge in [-0.15, -0.1) is 12.4 Å². The van der Waals surface area contributed by atoms with Crippen molar-refractivity contribution in [1.29, 1.82) is 0 Å². The number of sulfonamides is 1. The first-order chi connectivity index (χ1) is 18.1. The van der Waals surface area contributed by atoms with Crippen LogP contribution in [0.5, 0.6) is 0 Å². The Balaban J connectivity index is 0.00000353. The summed E-state index contributed by atoms with van der Waals surface area (Å²) in [6, 6.07) is 17.5. The molecule has 0 aliphatic carbocycles. The first-order valence-corrected chi connectivity index (χ1v) is 15.0. The van der Waals surface area contributed by atoms with E-state index in [1.807, 2.05) is 62.3 Å². The number of aromatic nitrogens is 1. The van der Waals surface area contributed by atoms with Gasteiger partial charge in [0.25, 0.3) is 15.9 Å². The third kappa shape index (κ3) is 5.93. The molecule has 0 saturated carbocycles. The molecule has 0 fully saturated rings. The van der Waals surface area contributed by atoms with Gasteiger partial charge in [0.1, 0.15) is 0 Å². The van der Waals surface area contributed by atoms with Crippen LogP contribution in [0.1, 0.15) is 27.9 Å². The Morgan fingerprint density at radius 2 is 1.79 bits per heavy atom. The predicted octanol–water partition coefficient (Wildman–Crippen LogP) is 6.03. The second-order valence-corrected chi connectivity index (χ2v) is 13.0. The van der Waals surface area contributed by atoms with Crippen molar-refractivity contribution in [3.8, 4) is 0 Å². The number of nitrogens with zero attached hydrogens (tertiary/aromatic N) is 4. The number of hydrogen-bond acceptors (Lipinski definition) is 6. The Morgan fingerprint density at radius 1 is 1.08 bits per heavy atom. The van der Waals surface area contributed by atoms with Crippen molar-refractivity contribution in [1.82, 2.24) is 9.88 Å². The molecular weight excluding hydrogens is 575 g/mol. The van der Waals surface area contributed by atoms with E-state index in [0.29, 0.717) is 35.4 Å². The van der Waals surface area contributed by atoms with Gasteiger partial charge in [-0.3, -0.25) is 14.0 Å². The number of halogens is 2. The normalized spacial score (nSPS) is 13.3. The number of hydrogen-bond donors (Lipinski definition) is 0. The number of para-hydroxylation sites is 1. The molecular formula is C28H30Cl2N4O3S2. The monoisotopic (exact) mass is 604 g/mol. The number of likely N-dealkylation sites (N-methyl/N-ethyl adjacent to an activating group) is 1. The summed E-state index contributed by atoms with van der Waals surface area (Å²) >= 11 is 7.67. The summed E-state index contributed by atoms with van der Waals surface area (Å²) in [4.78, 5) is 22.3. The van der Waals surface area contributed by atoms with Crippen LogP contribution in [0.15, 0.2) is 65.6 Å². The van der Waals surface area contributed by atoms with Crippen molar-refractivity contribution < 1.29 is 13.2 Å². The van der Waals surface area contributed by atoms with E-state index >= 15 is 0 Å². The number of benzene rings is 3. The fraction of sp³-hybridized carbons (Fsp3) is 0.286. The van der Waals surface area contributed by atoms with E-state index < -0.39 is 10.0 Å². The second-order valence-electron chi connectivity index (χ2n) is 9.66. The van der Waals surface area contributed by atoms with Gasteiger partial charge < -0.3 is 4.90 Å². The van der Waals surface area contributed by atoms with Crippen molar-refractivity contribution >= 4 is 72.3 Å². The molecule has 0 N–H and O–H groups in total. The molecule has 0 bridgehead atoms. The number of carbonyl (C=O) groups is 1. The van der Waals surface area contributed by atoms with E-state index in [9.17, 15) is 13.2 Å². The highest BCUT2D eigenvalue weighted by Gasteiger charge is 2.29. The Kier molecular flexibility index (Phi) is 8.88. The zero-order valence-corrected chi connectivity index (χ0v) is 25.1. The lowest BCUT2D eigenvalue weighted by Crippen LogP contribution is -2.37. The van der Waals surface area contributed by atoms with Crippen LogP contribution < -0.4 is 9.21 Å². The average molecular weight is 606 g/mol. The van der Waals surface area contributed by atoms with Crippen LogP contribution in [-0.4, -0.2) is 57.9 Å². The molecule has 3 aromatic carbocycles. The number of thiazole rings is 1. The maximum atomic E-state index is 13.7. The van der Waals surface area contributed by atoms with Crippen LogP contribution in [0.3, 0.4) is 0 Å². The summed E-state index contributed by atoms with van der Waals surface area (Å²) in [5.74, 6) is -0.234. The molecule has 4 aromatic rings. The van der Waals surface area contributed by atoms with Gasteiger partial charge in [0.15, 0.2) is 5.13 Å². The van der Waals surface area contributed by atoms with Crippen LogP contribution >= 0.6 is 35.3 Å². The van der Waals surface area contributed by atoms with Crippen molar-refractivity contribution in [2.45, 2.75) is 24.7 Å². The summed E-state index contributed by atoms with van der Waals surface area (Å²) < 4.78 is 29.4. The summed E-state index contributed by atoms with van der Waals surface area (Å²) in [7, 11) is 0.137. The molecule has 0 atom stereocenters. The molecule has 5 rings (SSSR count). The lowest BCUT2D eigenvalue weighted by molar-refractivity contribution is 0.0985. The number of carbonyl (C=O) groups excluding carboxylic acids is 1. The van der Waals surface area contributed by atoms with E-state index in [-0.39, 0.29) is 23.2 Å². The van der Waals surface area contributed by atoms with E-state index in [1.165, 1.54) is 27.8 Å². The molecule has 0 spiro atoms. The Morgan fingerprint density at radius 3 is 2.51 bits per heavy atom. The fourth-order valence-electron chi connectivity index (χ4n) is 4.64. The number of rotatable bonds is 7. The third-order valence-corrected chi connectivity index (χ3v) is 9.71. The molecule has 39 heavy (non-hydrogen) atoms. The smallest absolute Gasteiger partial charge is 0.264 e. The van der Waals surface area contributed by atoms with Gasteiger partial charge in [0.05, 0.1) is 20.8 Å². The third-order valence-electron chi connectivity index (χ3n) is 6.64. The highest BCUT2D eigenvalue weighted by Crippen LogP contribution is 2.34. The summed E-state index contributed by atoms with van der Waals surface area (Å²) in [6.45, 7) is 3.45. The van der Waals surface area contributed by atoms with Crippen molar-refractivity contribution in [2.75, 3.05) is 42.9 Å². The van der Waals surface area contributed by atoms with Gasteiger partial charge in [-0.1, -0.05) is 41.1 Å². The van der Waals surface area contributed by atoms with Gasteiger partial charge in [-0.25, -0.2) is 13.4 Å². The van der Waals surface area contributed by atoms with Crippen LogP contribution in [0, 0.1) is 6.92 Å². The standard InChI is InChI=1S/C28H29ClN4O3S2.ClH/c1-19-17-22(29)18-25-26(19)30-28(37-25)32(16-15-31(2)3)27(34)21-10-12-23(13-11-21)38(35,36)33-14-6-8-20-7-4-5-9-24(20)33;/h4-5,7,9-13,17-18H,6,8,14-16H2,1-3H3;1H. The van der Waals surface area contributed by atoms with Gasteiger partial charge in [-0.2, -0.15) is 0 Å². The average Bonchev–Trinajstić information content (AvgIpc) is 3.32. The van der Waals surface area contributed by atoms with Crippen molar-refractivity contribution in [2.24, 2.45) is 0 Å². The van der Waals surface area contributed by atoms with Gasteiger partial charge in [0.2, 0.25) is 0 Å². The molecule has 1 aromatic heterocycles. The first kappa shape index (κ1) is 29.3. The second kappa shape index (κ2) is 11.8. The molecule has 0 unspecified atom stereocenters. The minimum absolute atomic E-state index is 0. The lowest BCUT2D eigenvalue weighted by Gasteiger charge is -2.30. The number of fused-ring (bicyclic) bond motifs is 2. The fourth-order valence-corrected chi connectivity index (χ4v) is 7.63. The van der Waals surface area contributed by atoms with Gasteiger partial charge >= 0.3 is 0 Å². The molecule has 11 heteroatoms. The van der Waals surface area contributed by atoms with Gasteiger partial charge in [0, 0.05) is 30.2 Å². The molecule has 2 heterocycles. The quantitative estimate of drug-likeness (QED) is 0.257. The minimum atomic E-state index is -3.76. The molecule has 1 aliphatic heterocycles. The maximum absolute atomic E-state index is 13.7. The lowest BCUT2D eigenvalue weighted by atomic mass is 10.0. The van der Waals surface area contributed by atoms with E-state index in [0.717, 1.165) is 39.9 Å². The minimum Gasteiger partial charge on any atom is -0.308 e. The zero-order chi connectivity index (χ0) is 27.0. The molecule has 7 nitrogen and oxygen atoms in total. The van der Waals surface area contributed by atoms with Crippen molar-refractivity contribution in [3.63, 3.8) is 0 Å². The van der Waals surface area contributed by atoms with E-state index in [2.05, 4.69) is 0 Å². The summed E-state index contributed by atoms with van der Waals surface area (Å²) in [5, 5.41) is 1.21. The first-order valence-electron chi connectivity index (χ1n) is 12.4. The Labute approximate surface area is 244 Å². The SMILES string of the molecule is Cc1cc(Cl)cc2sc(N(CCN(C)C)C(=O)c3ccc(S(=O)(=O)N4CCCc5ccccc54)cc3)nc12.Cl. The van der Waals surface area contributed by atoms with Crippen LogP contribution in [0.4, 0.5) is 10.8 Å². The predicted molar refractivity (Wildman–Crippen MR) is 163 cm³/mol. The highest BCUT2D eigenvalue weighted by atomic mass is 35.5. The van der Waals surface area contributed by atoms with Gasteiger partial charge in [-0.05, 0) is 87.5 Å². The number of anilines is 2. The molecule has 0 saturated heterocycles. The molecule has 1 amide bonds. The Hall–Kier alpha value is -2.69. The molecule has 0 radical (unpaired) electrons. The molecule has 206 valence electrons. The largest absolute Gasteiger partial charge is 0.308 e. The maximum Gasteiger partial charge on any atom is 0.264 e.